The van der Waals surface area contributed by atoms with Gasteiger partial charge >= 0.3 is 0 Å². The molecule has 0 amide bonds. The number of imidazole rings is 1. The summed E-state index contributed by atoms with van der Waals surface area (Å²) in [5.74, 6) is -0.0660. The lowest BCUT2D eigenvalue weighted by Crippen LogP contribution is -2.37. The maximum absolute atomic E-state index is 12.6. The molecule has 2 aliphatic heterocycles. The summed E-state index contributed by atoms with van der Waals surface area (Å²) >= 11 is 0. The van der Waals surface area contributed by atoms with Crippen molar-refractivity contribution in [1.82, 2.24) is 14.9 Å². The second-order valence-corrected chi connectivity index (χ2v) is 6.33. The number of nitrogens with one attached hydrogen (secondary N) is 1. The fourth-order valence-electron chi connectivity index (χ4n) is 3.36. The quantitative estimate of drug-likeness (QED) is 0.771. The standard InChI is InChI=1S/C15H15N3O5/c19-8-3-7(16-6-1-2-6)13(21)11-12(8)18-10(17-11)5-22-14-9(20)4-23-15(14)18/h3,6,9,14-16,20H,1-2,4-5H2/t9-,14-,15+/m1/s1. The third kappa shape index (κ3) is 1.85. The van der Waals surface area contributed by atoms with Gasteiger partial charge in [0, 0.05) is 12.1 Å². The first-order valence-electron chi connectivity index (χ1n) is 7.73. The topological polar surface area (TPSA) is 103 Å². The van der Waals surface area contributed by atoms with E-state index >= 15 is 0 Å². The van der Waals surface area contributed by atoms with E-state index < -0.39 is 18.4 Å². The first kappa shape index (κ1) is 13.4. The Hall–Kier alpha value is -2.03. The van der Waals surface area contributed by atoms with Crippen LogP contribution in [0.1, 0.15) is 45.9 Å². The second-order valence-electron chi connectivity index (χ2n) is 6.33. The predicted molar refractivity (Wildman–Crippen MR) is 74.7 cm³/mol. The summed E-state index contributed by atoms with van der Waals surface area (Å²) in [5, 5.41) is 13.0. The van der Waals surface area contributed by atoms with Crippen LogP contribution < -0.4 is 5.32 Å². The van der Waals surface area contributed by atoms with E-state index in [1.807, 2.05) is 0 Å². The lowest BCUT2D eigenvalue weighted by Gasteiger charge is -2.29. The number of hydrogen-bond donors (Lipinski definition) is 2. The van der Waals surface area contributed by atoms with Crippen molar-refractivity contribution in [2.24, 2.45) is 0 Å². The minimum absolute atomic E-state index is 0.133. The zero-order valence-electron chi connectivity index (χ0n) is 12.2. The third-order valence-corrected chi connectivity index (χ3v) is 4.65. The number of carbonyl (C=O) groups excluding carboxylic acids is 2. The molecule has 2 N–H and O–H groups in total. The highest BCUT2D eigenvalue weighted by Gasteiger charge is 2.46. The number of aliphatic hydroxyl groups excluding tert-OH is 1. The first-order chi connectivity index (χ1) is 11.1. The summed E-state index contributed by atoms with van der Waals surface area (Å²) in [7, 11) is 0. The maximum Gasteiger partial charge on any atom is 0.229 e. The summed E-state index contributed by atoms with van der Waals surface area (Å²) in [6.07, 6.45) is 1.45. The molecule has 1 aromatic heterocycles. The fourth-order valence-corrected chi connectivity index (χ4v) is 3.36. The summed E-state index contributed by atoms with van der Waals surface area (Å²) in [5.41, 5.74) is 0.689. The number of ketones is 2. The highest BCUT2D eigenvalue weighted by molar-refractivity contribution is 6.23. The van der Waals surface area contributed by atoms with Crippen molar-refractivity contribution in [3.63, 3.8) is 0 Å². The molecule has 5 rings (SSSR count). The number of aliphatic hydroxyl groups is 1. The molecule has 2 aliphatic carbocycles. The van der Waals surface area contributed by atoms with E-state index in [1.165, 1.54) is 6.08 Å². The Balaban J connectivity index is 1.59. The molecular formula is C15H15N3O5. The number of ether oxygens (including phenoxy) is 2. The van der Waals surface area contributed by atoms with Gasteiger partial charge < -0.3 is 19.9 Å². The van der Waals surface area contributed by atoms with E-state index in [0.717, 1.165) is 12.8 Å². The zero-order valence-corrected chi connectivity index (χ0v) is 12.2. The normalized spacial score (nSPS) is 32.2. The lowest BCUT2D eigenvalue weighted by atomic mass is 10.0. The van der Waals surface area contributed by atoms with Gasteiger partial charge in [-0.25, -0.2) is 4.98 Å². The molecule has 23 heavy (non-hydrogen) atoms. The molecule has 0 radical (unpaired) electrons. The van der Waals surface area contributed by atoms with Gasteiger partial charge in [-0.15, -0.1) is 0 Å². The van der Waals surface area contributed by atoms with Gasteiger partial charge in [0.1, 0.15) is 36.0 Å². The smallest absolute Gasteiger partial charge is 0.229 e. The number of rotatable bonds is 2. The number of Topliss-reactive ketones (excluding diaryl/α,β-unsaturated/α-hetero) is 1. The van der Waals surface area contributed by atoms with Crippen molar-refractivity contribution in [2.45, 2.75) is 43.9 Å². The number of hydrogen-bond acceptors (Lipinski definition) is 7. The van der Waals surface area contributed by atoms with Crippen molar-refractivity contribution in [3.05, 3.63) is 29.0 Å². The molecule has 1 saturated heterocycles. The molecule has 120 valence electrons. The molecule has 3 atom stereocenters. The molecule has 0 aromatic carbocycles. The van der Waals surface area contributed by atoms with Crippen LogP contribution in [0, 0.1) is 0 Å². The van der Waals surface area contributed by atoms with Crippen molar-refractivity contribution in [2.75, 3.05) is 6.61 Å². The van der Waals surface area contributed by atoms with Crippen LogP contribution in [0.25, 0.3) is 0 Å². The molecule has 0 unspecified atom stereocenters. The van der Waals surface area contributed by atoms with Gasteiger partial charge in [-0.1, -0.05) is 0 Å². The second kappa shape index (κ2) is 4.50. The molecule has 1 aromatic rings. The van der Waals surface area contributed by atoms with Gasteiger partial charge in [-0.3, -0.25) is 14.2 Å². The summed E-state index contributed by atoms with van der Waals surface area (Å²) in [4.78, 5) is 29.5. The summed E-state index contributed by atoms with van der Waals surface area (Å²) in [6, 6.07) is 0.276. The zero-order chi connectivity index (χ0) is 15.7. The number of aromatic nitrogens is 2. The van der Waals surface area contributed by atoms with E-state index in [1.54, 1.807) is 4.57 Å². The SMILES string of the molecule is O=C1C(NC2CC2)=CC(=O)c2c1nc1n2[C@H]2OC[C@@H](O)[C@H]2OC1. The van der Waals surface area contributed by atoms with E-state index in [9.17, 15) is 14.7 Å². The number of carbonyl (C=O) groups is 2. The van der Waals surface area contributed by atoms with Crippen LogP contribution in [-0.2, 0) is 16.1 Å². The largest absolute Gasteiger partial charge is 0.388 e. The van der Waals surface area contributed by atoms with Crippen LogP contribution >= 0.6 is 0 Å². The van der Waals surface area contributed by atoms with Gasteiger partial charge in [0.05, 0.1) is 12.3 Å². The van der Waals surface area contributed by atoms with Crippen LogP contribution in [-0.4, -0.2) is 51.1 Å². The van der Waals surface area contributed by atoms with Gasteiger partial charge in [-0.05, 0) is 12.8 Å². The molecule has 0 bridgehead atoms. The van der Waals surface area contributed by atoms with Gasteiger partial charge in [0.15, 0.2) is 6.23 Å². The average molecular weight is 317 g/mol. The van der Waals surface area contributed by atoms with E-state index in [0.29, 0.717) is 11.5 Å². The Morgan fingerprint density at radius 2 is 2.13 bits per heavy atom. The molecule has 8 nitrogen and oxygen atoms in total. The minimum atomic E-state index is -0.747. The Morgan fingerprint density at radius 1 is 1.30 bits per heavy atom. The first-order valence-corrected chi connectivity index (χ1v) is 7.73. The van der Waals surface area contributed by atoms with Crippen LogP contribution in [0.3, 0.4) is 0 Å². The van der Waals surface area contributed by atoms with Gasteiger partial charge in [0.25, 0.3) is 0 Å². The number of fused-ring (bicyclic) bond motifs is 5. The Morgan fingerprint density at radius 3 is 2.91 bits per heavy atom. The molecule has 8 heteroatoms. The lowest BCUT2D eigenvalue weighted by molar-refractivity contribution is -0.0992. The van der Waals surface area contributed by atoms with Crippen molar-refractivity contribution in [1.29, 1.82) is 0 Å². The van der Waals surface area contributed by atoms with Gasteiger partial charge in [-0.2, -0.15) is 0 Å². The fraction of sp³-hybridized carbons (Fsp3) is 0.533. The van der Waals surface area contributed by atoms with Crippen LogP contribution in [0.5, 0.6) is 0 Å². The highest BCUT2D eigenvalue weighted by Crippen LogP contribution is 2.37. The van der Waals surface area contributed by atoms with Crippen molar-refractivity contribution in [3.8, 4) is 0 Å². The van der Waals surface area contributed by atoms with Crippen molar-refractivity contribution >= 4 is 11.6 Å². The molecule has 2 fully saturated rings. The minimum Gasteiger partial charge on any atom is -0.388 e. The predicted octanol–water partition coefficient (Wildman–Crippen LogP) is -0.314. The molecular weight excluding hydrogens is 302 g/mol. The summed E-state index contributed by atoms with van der Waals surface area (Å²) < 4.78 is 12.7. The third-order valence-electron chi connectivity index (χ3n) is 4.65. The monoisotopic (exact) mass is 317 g/mol. The van der Waals surface area contributed by atoms with Crippen LogP contribution in [0.15, 0.2) is 11.8 Å². The van der Waals surface area contributed by atoms with E-state index in [4.69, 9.17) is 9.47 Å². The molecule has 1 saturated carbocycles. The van der Waals surface area contributed by atoms with Crippen LogP contribution in [0.4, 0.5) is 0 Å². The summed E-state index contributed by atoms with van der Waals surface area (Å²) in [6.45, 7) is 0.273. The van der Waals surface area contributed by atoms with Gasteiger partial charge in [0.2, 0.25) is 11.6 Å². The van der Waals surface area contributed by atoms with Crippen molar-refractivity contribution < 1.29 is 24.2 Å². The highest BCUT2D eigenvalue weighted by atomic mass is 16.6. The van der Waals surface area contributed by atoms with Crippen LogP contribution in [0.2, 0.25) is 0 Å². The molecule has 4 aliphatic rings. The molecule has 3 heterocycles. The number of allylic oxidation sites excluding steroid dienone is 2. The maximum atomic E-state index is 12.6. The Bertz CT molecular complexity index is 763. The van der Waals surface area contributed by atoms with E-state index in [-0.39, 0.29) is 42.2 Å². The molecule has 0 spiro atoms. The Kier molecular flexibility index (Phi) is 2.62. The number of nitrogens with zero attached hydrogens (tertiary/aromatic N) is 2. The average Bonchev–Trinajstić information content (AvgIpc) is 3.13. The Labute approximate surface area is 131 Å². The van der Waals surface area contributed by atoms with E-state index in [2.05, 4.69) is 10.3 Å².